The highest BCUT2D eigenvalue weighted by molar-refractivity contribution is 7.89. The number of nitriles is 1. The Hall–Kier alpha value is -2.53. The van der Waals surface area contributed by atoms with Gasteiger partial charge in [0.05, 0.1) is 22.9 Å². The number of ketones is 1. The van der Waals surface area contributed by atoms with E-state index in [1.54, 1.807) is 24.3 Å². The summed E-state index contributed by atoms with van der Waals surface area (Å²) in [4.78, 5) is 12.7. The molecule has 0 unspecified atom stereocenters. The molecule has 2 aromatic rings. The molecule has 2 aromatic carbocycles. The van der Waals surface area contributed by atoms with Gasteiger partial charge in [0.25, 0.3) is 0 Å². The molecule has 3 rings (SSSR count). The molecule has 0 aromatic heterocycles. The summed E-state index contributed by atoms with van der Waals surface area (Å²) in [7, 11) is -2.07. The van der Waals surface area contributed by atoms with Gasteiger partial charge in [-0.15, -0.1) is 0 Å². The van der Waals surface area contributed by atoms with E-state index in [4.69, 9.17) is 0 Å². The van der Waals surface area contributed by atoms with Crippen molar-refractivity contribution in [2.45, 2.75) is 43.0 Å². The third-order valence-electron chi connectivity index (χ3n) is 5.53. The number of hydrogen-bond donors (Lipinski definition) is 2. The molecule has 0 bridgehead atoms. The summed E-state index contributed by atoms with van der Waals surface area (Å²) in [5.41, 5.74) is 2.87. The lowest BCUT2D eigenvalue weighted by Crippen LogP contribution is -2.41. The van der Waals surface area contributed by atoms with Crippen molar-refractivity contribution in [3.8, 4) is 17.2 Å². The number of piperidine rings is 1. The van der Waals surface area contributed by atoms with Crippen molar-refractivity contribution in [2.24, 2.45) is 5.92 Å². The van der Waals surface area contributed by atoms with Crippen LogP contribution in [0.3, 0.4) is 0 Å². The van der Waals surface area contributed by atoms with Crippen LogP contribution >= 0.6 is 0 Å². The fourth-order valence-electron chi connectivity index (χ4n) is 3.74. The monoisotopic (exact) mass is 425 g/mol. The summed E-state index contributed by atoms with van der Waals surface area (Å²) in [5.74, 6) is -0.201. The second kappa shape index (κ2) is 9.98. The number of rotatable bonds is 8. The summed E-state index contributed by atoms with van der Waals surface area (Å²) in [6.45, 7) is 0.872. The fraction of sp³-hybridized carbons (Fsp3) is 0.391. The number of nitrogens with zero attached hydrogens (tertiary/aromatic N) is 1. The van der Waals surface area contributed by atoms with Gasteiger partial charge in [-0.2, -0.15) is 5.26 Å². The second-order valence-corrected chi connectivity index (χ2v) is 9.52. The Kier molecular flexibility index (Phi) is 7.38. The van der Waals surface area contributed by atoms with Gasteiger partial charge in [0.15, 0.2) is 5.78 Å². The Bertz CT molecular complexity index is 1000. The van der Waals surface area contributed by atoms with Gasteiger partial charge < -0.3 is 5.32 Å². The van der Waals surface area contributed by atoms with Gasteiger partial charge >= 0.3 is 0 Å². The molecule has 158 valence electrons. The van der Waals surface area contributed by atoms with Crippen molar-refractivity contribution < 1.29 is 13.2 Å². The molecule has 2 N–H and O–H groups in total. The molecule has 30 heavy (non-hydrogen) atoms. The van der Waals surface area contributed by atoms with Gasteiger partial charge in [-0.3, -0.25) is 4.79 Å². The molecule has 1 fully saturated rings. The Balaban J connectivity index is 1.63. The molecule has 0 amide bonds. The minimum atomic E-state index is -3.45. The second-order valence-electron chi connectivity index (χ2n) is 7.63. The maximum atomic E-state index is 12.5. The smallest absolute Gasteiger partial charge is 0.240 e. The number of nitrogens with one attached hydrogen (secondary N) is 2. The number of benzene rings is 2. The highest BCUT2D eigenvalue weighted by atomic mass is 32.2. The Morgan fingerprint density at radius 1 is 1.13 bits per heavy atom. The van der Waals surface area contributed by atoms with E-state index in [0.717, 1.165) is 42.5 Å². The molecule has 6 nitrogen and oxygen atoms in total. The third kappa shape index (κ3) is 5.54. The number of Topliss-reactive ketones (excluding diaryl/α,β-unsaturated/α-hetero) is 1. The first-order valence-corrected chi connectivity index (χ1v) is 11.7. The summed E-state index contributed by atoms with van der Waals surface area (Å²) >= 11 is 0. The molecule has 0 radical (unpaired) electrons. The van der Waals surface area contributed by atoms with Crippen molar-refractivity contribution in [1.82, 2.24) is 10.0 Å². The van der Waals surface area contributed by atoms with E-state index in [1.807, 2.05) is 24.3 Å². The lowest BCUT2D eigenvalue weighted by molar-refractivity contribution is -0.122. The van der Waals surface area contributed by atoms with Crippen molar-refractivity contribution in [2.75, 3.05) is 13.6 Å². The van der Waals surface area contributed by atoms with Gasteiger partial charge in [-0.05, 0) is 61.7 Å². The minimum absolute atomic E-state index is 0.105. The molecule has 1 aliphatic rings. The molecular formula is C23H27N3O3S. The predicted octanol–water partition coefficient (Wildman–Crippen LogP) is 3.05. The number of hydrogen-bond acceptors (Lipinski definition) is 5. The minimum Gasteiger partial charge on any atom is -0.307 e. The zero-order valence-electron chi connectivity index (χ0n) is 17.1. The van der Waals surface area contributed by atoms with E-state index >= 15 is 0 Å². The zero-order chi connectivity index (χ0) is 21.6. The van der Waals surface area contributed by atoms with E-state index in [1.165, 1.54) is 7.05 Å². The average molecular weight is 426 g/mol. The first kappa shape index (κ1) is 22.2. The van der Waals surface area contributed by atoms with Crippen molar-refractivity contribution in [3.63, 3.8) is 0 Å². The number of carbonyl (C=O) groups is 1. The van der Waals surface area contributed by atoms with Crippen molar-refractivity contribution in [3.05, 3.63) is 54.1 Å². The summed E-state index contributed by atoms with van der Waals surface area (Å²) < 4.78 is 26.0. The molecule has 1 aliphatic heterocycles. The quantitative estimate of drug-likeness (QED) is 0.677. The van der Waals surface area contributed by atoms with Gasteiger partial charge in [-0.25, -0.2) is 13.1 Å². The first-order valence-electron chi connectivity index (χ1n) is 10.2. The van der Waals surface area contributed by atoms with Crippen molar-refractivity contribution in [1.29, 1.82) is 5.26 Å². The number of sulfonamides is 1. The van der Waals surface area contributed by atoms with Crippen LogP contribution < -0.4 is 10.0 Å². The summed E-state index contributed by atoms with van der Waals surface area (Å²) in [6.07, 6.45) is 3.84. The summed E-state index contributed by atoms with van der Waals surface area (Å²) in [5, 5.41) is 12.8. The normalized spacial score (nSPS) is 17.8. The third-order valence-corrected chi connectivity index (χ3v) is 6.96. The van der Waals surface area contributed by atoms with Gasteiger partial charge in [0, 0.05) is 6.42 Å². The van der Waals surface area contributed by atoms with E-state index in [0.29, 0.717) is 6.42 Å². The molecule has 0 spiro atoms. The van der Waals surface area contributed by atoms with Gasteiger partial charge in [0.1, 0.15) is 0 Å². The van der Waals surface area contributed by atoms with Crippen LogP contribution in [0.4, 0.5) is 0 Å². The maximum absolute atomic E-state index is 12.5. The Morgan fingerprint density at radius 2 is 1.77 bits per heavy atom. The zero-order valence-corrected chi connectivity index (χ0v) is 17.9. The van der Waals surface area contributed by atoms with Crippen LogP contribution in [0.25, 0.3) is 11.1 Å². The van der Waals surface area contributed by atoms with Crippen LogP contribution in [-0.2, 0) is 21.2 Å². The first-order chi connectivity index (χ1) is 14.4. The Labute approximate surface area is 178 Å². The van der Waals surface area contributed by atoms with Crippen LogP contribution in [0, 0.1) is 17.2 Å². The molecular weight excluding hydrogens is 398 g/mol. The van der Waals surface area contributed by atoms with Crippen LogP contribution in [0.1, 0.15) is 31.2 Å². The molecule has 0 saturated carbocycles. The molecule has 2 atom stereocenters. The topological polar surface area (TPSA) is 99.1 Å². The van der Waals surface area contributed by atoms with Crippen LogP contribution in [-0.4, -0.2) is 33.8 Å². The maximum Gasteiger partial charge on any atom is 0.240 e. The lowest BCUT2D eigenvalue weighted by atomic mass is 9.90. The SMILES string of the molecule is CNS(=O)(=O)c1ccc(-c2ccc(C[C@@H](C#N)CC(=O)[C@@H]3CCCCN3)cc2)cc1. The van der Waals surface area contributed by atoms with Crippen LogP contribution in [0.2, 0.25) is 0 Å². The lowest BCUT2D eigenvalue weighted by Gasteiger charge is -2.23. The largest absolute Gasteiger partial charge is 0.307 e. The van der Waals surface area contributed by atoms with Crippen molar-refractivity contribution >= 4 is 15.8 Å². The van der Waals surface area contributed by atoms with E-state index < -0.39 is 10.0 Å². The standard InChI is InChI=1S/C23H27N3O3S/c1-25-30(28,29)21-11-9-20(10-12-21)19-7-5-17(6-8-19)14-18(16-24)15-23(27)22-4-2-3-13-26-22/h5-12,18,22,25-26H,2-4,13-15H2,1H3/t18-,22+/m1/s1. The number of carbonyl (C=O) groups excluding carboxylic acids is 1. The highest BCUT2D eigenvalue weighted by Gasteiger charge is 2.23. The fourth-order valence-corrected chi connectivity index (χ4v) is 4.47. The highest BCUT2D eigenvalue weighted by Crippen LogP contribution is 2.23. The van der Waals surface area contributed by atoms with E-state index in [-0.39, 0.29) is 29.1 Å². The van der Waals surface area contributed by atoms with E-state index in [9.17, 15) is 18.5 Å². The van der Waals surface area contributed by atoms with E-state index in [2.05, 4.69) is 16.1 Å². The molecule has 1 heterocycles. The van der Waals surface area contributed by atoms with Crippen LogP contribution in [0.5, 0.6) is 0 Å². The predicted molar refractivity (Wildman–Crippen MR) is 116 cm³/mol. The Morgan fingerprint density at radius 3 is 2.30 bits per heavy atom. The summed E-state index contributed by atoms with van der Waals surface area (Å²) in [6, 6.07) is 16.7. The average Bonchev–Trinajstić information content (AvgIpc) is 2.79. The molecule has 0 aliphatic carbocycles. The molecule has 1 saturated heterocycles. The van der Waals surface area contributed by atoms with Gasteiger partial charge in [0.2, 0.25) is 10.0 Å². The van der Waals surface area contributed by atoms with Crippen LogP contribution in [0.15, 0.2) is 53.4 Å². The van der Waals surface area contributed by atoms with Gasteiger partial charge in [-0.1, -0.05) is 42.8 Å². The molecule has 7 heteroatoms.